The molecule has 2 aromatic rings. The SMILES string of the molecule is O=C(O)c1cccc([C@@H]2CCCN(C(=O)CN3CCc4ccccc4C3)C2)c1. The van der Waals surface area contributed by atoms with Gasteiger partial charge in [-0.2, -0.15) is 0 Å². The third-order valence-electron chi connectivity index (χ3n) is 5.95. The summed E-state index contributed by atoms with van der Waals surface area (Å²) in [6.07, 6.45) is 2.94. The highest BCUT2D eigenvalue weighted by molar-refractivity contribution is 5.87. The van der Waals surface area contributed by atoms with Crippen LogP contribution in [0.4, 0.5) is 0 Å². The second-order valence-electron chi connectivity index (χ2n) is 7.84. The lowest BCUT2D eigenvalue weighted by Gasteiger charge is -2.35. The molecule has 0 radical (unpaired) electrons. The first kappa shape index (κ1) is 18.7. The molecule has 4 rings (SSSR count). The maximum atomic E-state index is 12.9. The van der Waals surface area contributed by atoms with Gasteiger partial charge in [0.1, 0.15) is 0 Å². The molecular weight excluding hydrogens is 352 g/mol. The molecule has 28 heavy (non-hydrogen) atoms. The molecule has 1 N–H and O–H groups in total. The van der Waals surface area contributed by atoms with E-state index in [1.165, 1.54) is 11.1 Å². The number of hydrogen-bond acceptors (Lipinski definition) is 3. The van der Waals surface area contributed by atoms with E-state index in [4.69, 9.17) is 0 Å². The van der Waals surface area contributed by atoms with Gasteiger partial charge < -0.3 is 10.0 Å². The highest BCUT2D eigenvalue weighted by Gasteiger charge is 2.27. The molecule has 146 valence electrons. The molecule has 1 fully saturated rings. The predicted octanol–water partition coefficient (Wildman–Crippen LogP) is 3.15. The van der Waals surface area contributed by atoms with E-state index in [-0.39, 0.29) is 11.8 Å². The van der Waals surface area contributed by atoms with Gasteiger partial charge in [-0.15, -0.1) is 0 Å². The van der Waals surface area contributed by atoms with E-state index in [1.54, 1.807) is 18.2 Å². The van der Waals surface area contributed by atoms with Gasteiger partial charge in [0.15, 0.2) is 0 Å². The van der Waals surface area contributed by atoms with Crippen molar-refractivity contribution in [2.75, 3.05) is 26.2 Å². The summed E-state index contributed by atoms with van der Waals surface area (Å²) < 4.78 is 0. The van der Waals surface area contributed by atoms with Crippen molar-refractivity contribution in [1.29, 1.82) is 0 Å². The molecule has 2 aliphatic rings. The highest BCUT2D eigenvalue weighted by Crippen LogP contribution is 2.28. The van der Waals surface area contributed by atoms with Gasteiger partial charge in [-0.3, -0.25) is 9.69 Å². The van der Waals surface area contributed by atoms with Crippen LogP contribution in [0, 0.1) is 0 Å². The smallest absolute Gasteiger partial charge is 0.335 e. The van der Waals surface area contributed by atoms with Crippen molar-refractivity contribution in [2.45, 2.75) is 31.7 Å². The van der Waals surface area contributed by atoms with Crippen LogP contribution in [0.3, 0.4) is 0 Å². The average molecular weight is 378 g/mol. The lowest BCUT2D eigenvalue weighted by Crippen LogP contribution is -2.45. The third-order valence-corrected chi connectivity index (χ3v) is 5.95. The van der Waals surface area contributed by atoms with Gasteiger partial charge in [0, 0.05) is 32.1 Å². The monoisotopic (exact) mass is 378 g/mol. The fourth-order valence-electron chi connectivity index (χ4n) is 4.38. The van der Waals surface area contributed by atoms with Gasteiger partial charge in [0.2, 0.25) is 5.91 Å². The van der Waals surface area contributed by atoms with Crippen LogP contribution in [-0.2, 0) is 17.8 Å². The Labute approximate surface area is 165 Å². The Bertz CT molecular complexity index is 880. The normalized spacial score (nSPS) is 19.9. The van der Waals surface area contributed by atoms with Gasteiger partial charge >= 0.3 is 5.97 Å². The number of carbonyl (C=O) groups is 2. The number of amides is 1. The van der Waals surface area contributed by atoms with Crippen LogP contribution in [-0.4, -0.2) is 53.0 Å². The first-order valence-corrected chi connectivity index (χ1v) is 10.0. The molecule has 0 unspecified atom stereocenters. The van der Waals surface area contributed by atoms with Gasteiger partial charge in [-0.05, 0) is 48.1 Å². The Morgan fingerprint density at radius 1 is 1.04 bits per heavy atom. The summed E-state index contributed by atoms with van der Waals surface area (Å²) in [6.45, 7) is 3.67. The summed E-state index contributed by atoms with van der Waals surface area (Å²) in [5.74, 6) is -0.520. The molecule has 0 aliphatic carbocycles. The summed E-state index contributed by atoms with van der Waals surface area (Å²) in [5, 5.41) is 9.23. The number of likely N-dealkylation sites (tertiary alicyclic amines) is 1. The van der Waals surface area contributed by atoms with Crippen molar-refractivity contribution >= 4 is 11.9 Å². The van der Waals surface area contributed by atoms with E-state index in [1.807, 2.05) is 11.0 Å². The van der Waals surface area contributed by atoms with E-state index in [2.05, 4.69) is 29.2 Å². The summed E-state index contributed by atoms with van der Waals surface area (Å²) in [5.41, 5.74) is 4.04. The quantitative estimate of drug-likeness (QED) is 0.888. The Kier molecular flexibility index (Phi) is 5.44. The topological polar surface area (TPSA) is 60.9 Å². The molecule has 5 heteroatoms. The van der Waals surface area contributed by atoms with Crippen LogP contribution in [0.2, 0.25) is 0 Å². The average Bonchev–Trinajstić information content (AvgIpc) is 2.74. The van der Waals surface area contributed by atoms with Crippen LogP contribution >= 0.6 is 0 Å². The second-order valence-corrected chi connectivity index (χ2v) is 7.84. The number of carboxylic acid groups (broad SMARTS) is 1. The molecule has 2 aliphatic heterocycles. The first-order chi connectivity index (χ1) is 13.6. The number of benzene rings is 2. The first-order valence-electron chi connectivity index (χ1n) is 10.0. The standard InChI is InChI=1S/C23H26N2O3/c26-22(16-24-12-10-17-5-1-2-6-20(17)14-24)25-11-4-9-21(15-25)18-7-3-8-19(13-18)23(27)28/h1-3,5-8,13,21H,4,9-12,14-16H2,(H,27,28)/t21-/m1/s1. The molecule has 2 aromatic carbocycles. The van der Waals surface area contributed by atoms with E-state index in [9.17, 15) is 14.7 Å². The Hall–Kier alpha value is -2.66. The molecule has 2 heterocycles. The molecule has 5 nitrogen and oxygen atoms in total. The number of piperidine rings is 1. The zero-order valence-electron chi connectivity index (χ0n) is 16.0. The molecule has 0 bridgehead atoms. The van der Waals surface area contributed by atoms with Crippen molar-refractivity contribution in [1.82, 2.24) is 9.80 Å². The molecule has 0 saturated carbocycles. The molecule has 0 aromatic heterocycles. The van der Waals surface area contributed by atoms with Crippen molar-refractivity contribution in [3.05, 3.63) is 70.8 Å². The maximum Gasteiger partial charge on any atom is 0.335 e. The Morgan fingerprint density at radius 2 is 1.86 bits per heavy atom. The molecule has 0 spiro atoms. The highest BCUT2D eigenvalue weighted by atomic mass is 16.4. The number of aromatic carboxylic acids is 1. The Balaban J connectivity index is 1.39. The van der Waals surface area contributed by atoms with Crippen molar-refractivity contribution in [3.8, 4) is 0 Å². The molecule has 1 atom stereocenters. The summed E-state index contributed by atoms with van der Waals surface area (Å²) in [6, 6.07) is 15.6. The second kappa shape index (κ2) is 8.15. The minimum Gasteiger partial charge on any atom is -0.478 e. The number of nitrogens with zero attached hydrogens (tertiary/aromatic N) is 2. The lowest BCUT2D eigenvalue weighted by molar-refractivity contribution is -0.133. The van der Waals surface area contributed by atoms with Crippen LogP contribution in [0.5, 0.6) is 0 Å². The largest absolute Gasteiger partial charge is 0.478 e. The fraction of sp³-hybridized carbons (Fsp3) is 0.391. The maximum absolute atomic E-state index is 12.9. The lowest BCUT2D eigenvalue weighted by atomic mass is 9.89. The summed E-state index contributed by atoms with van der Waals surface area (Å²) >= 11 is 0. The third kappa shape index (κ3) is 4.09. The number of carbonyl (C=O) groups excluding carboxylic acids is 1. The predicted molar refractivity (Wildman–Crippen MR) is 107 cm³/mol. The van der Waals surface area contributed by atoms with Crippen LogP contribution in [0.15, 0.2) is 48.5 Å². The number of carboxylic acids is 1. The summed E-state index contributed by atoms with van der Waals surface area (Å²) in [7, 11) is 0. The molecule has 1 amide bonds. The van der Waals surface area contributed by atoms with Crippen molar-refractivity contribution < 1.29 is 14.7 Å². The molecular formula is C23H26N2O3. The molecule has 1 saturated heterocycles. The van der Waals surface area contributed by atoms with Crippen LogP contribution in [0.1, 0.15) is 45.8 Å². The zero-order valence-corrected chi connectivity index (χ0v) is 16.0. The van der Waals surface area contributed by atoms with Gasteiger partial charge in [-0.1, -0.05) is 36.4 Å². The van der Waals surface area contributed by atoms with E-state index < -0.39 is 5.97 Å². The van der Waals surface area contributed by atoms with Crippen LogP contribution < -0.4 is 0 Å². The minimum absolute atomic E-state index is 0.179. The van der Waals surface area contributed by atoms with E-state index in [0.29, 0.717) is 18.7 Å². The minimum atomic E-state index is -0.907. The summed E-state index contributed by atoms with van der Waals surface area (Å²) in [4.78, 5) is 28.4. The van der Waals surface area contributed by atoms with Crippen LogP contribution in [0.25, 0.3) is 0 Å². The van der Waals surface area contributed by atoms with Crippen molar-refractivity contribution in [3.63, 3.8) is 0 Å². The zero-order chi connectivity index (χ0) is 19.5. The fourth-order valence-corrected chi connectivity index (χ4v) is 4.38. The van der Waals surface area contributed by atoms with Crippen molar-refractivity contribution in [2.24, 2.45) is 0 Å². The van der Waals surface area contributed by atoms with Gasteiger partial charge in [-0.25, -0.2) is 4.79 Å². The van der Waals surface area contributed by atoms with E-state index in [0.717, 1.165) is 44.5 Å². The number of fused-ring (bicyclic) bond motifs is 1. The Morgan fingerprint density at radius 3 is 2.68 bits per heavy atom. The van der Waals surface area contributed by atoms with E-state index >= 15 is 0 Å². The number of rotatable bonds is 4. The van der Waals surface area contributed by atoms with Gasteiger partial charge in [0.25, 0.3) is 0 Å². The number of hydrogen-bond donors (Lipinski definition) is 1. The van der Waals surface area contributed by atoms with Gasteiger partial charge in [0.05, 0.1) is 12.1 Å².